The number of carboxylic acid groups (broad SMARTS) is 1. The number of carbonyl (C=O) groups is 3. The Bertz CT molecular complexity index is 732. The van der Waals surface area contributed by atoms with Gasteiger partial charge in [0, 0.05) is 18.8 Å². The quantitative estimate of drug-likeness (QED) is 0.840. The molecule has 1 amide bonds. The number of ketones is 1. The van der Waals surface area contributed by atoms with Crippen LogP contribution in [0.15, 0.2) is 12.3 Å². The molecule has 0 radical (unpaired) electrons. The number of hydrogen-bond donors (Lipinski definition) is 2. The zero-order chi connectivity index (χ0) is 15.7. The van der Waals surface area contributed by atoms with E-state index >= 15 is 0 Å². The minimum Gasteiger partial charge on any atom is -0.478 e. The second kappa shape index (κ2) is 5.49. The van der Waals surface area contributed by atoms with Gasteiger partial charge in [0.2, 0.25) is 0 Å². The lowest BCUT2D eigenvalue weighted by atomic mass is 10.2. The van der Waals surface area contributed by atoms with Gasteiger partial charge in [-0.2, -0.15) is 4.37 Å². The normalized spacial score (nSPS) is 10.4. The first-order chi connectivity index (χ1) is 9.82. The molecule has 0 aliphatic heterocycles. The van der Waals surface area contributed by atoms with Crippen molar-refractivity contribution in [3.8, 4) is 0 Å². The van der Waals surface area contributed by atoms with E-state index in [0.29, 0.717) is 11.3 Å². The second-order valence-electron chi connectivity index (χ2n) is 4.48. The molecule has 0 aromatic carbocycles. The van der Waals surface area contributed by atoms with Crippen LogP contribution < -0.4 is 4.90 Å². The number of anilines is 1. The maximum absolute atomic E-state index is 12.3. The lowest BCUT2D eigenvalue weighted by Gasteiger charge is -2.14. The minimum absolute atomic E-state index is 0.00852. The van der Waals surface area contributed by atoms with Gasteiger partial charge in [0.15, 0.2) is 5.78 Å². The number of aromatic nitrogens is 2. The Morgan fingerprint density at radius 1 is 1.38 bits per heavy atom. The Morgan fingerprint density at radius 3 is 2.57 bits per heavy atom. The Kier molecular flexibility index (Phi) is 3.90. The molecule has 2 aromatic heterocycles. The van der Waals surface area contributed by atoms with Crippen LogP contribution in [0.4, 0.5) is 5.00 Å². The summed E-state index contributed by atoms with van der Waals surface area (Å²) in [5, 5.41) is 9.44. The molecule has 7 nitrogen and oxygen atoms in total. The van der Waals surface area contributed by atoms with Gasteiger partial charge in [-0.3, -0.25) is 14.5 Å². The van der Waals surface area contributed by atoms with Crippen LogP contribution in [-0.2, 0) is 0 Å². The van der Waals surface area contributed by atoms with Crippen molar-refractivity contribution in [3.05, 3.63) is 34.8 Å². The van der Waals surface area contributed by atoms with Gasteiger partial charge in [0.05, 0.1) is 5.69 Å². The van der Waals surface area contributed by atoms with E-state index in [4.69, 9.17) is 0 Å². The van der Waals surface area contributed by atoms with Gasteiger partial charge in [-0.1, -0.05) is 0 Å². The summed E-state index contributed by atoms with van der Waals surface area (Å²) in [6, 6.07) is 1.44. The summed E-state index contributed by atoms with van der Waals surface area (Å²) in [6.45, 7) is 2.97. The molecule has 0 unspecified atom stereocenters. The standard InChI is InChI=1S/C13H13N3O4S/c1-6-10(13(19)20)12(21-15-6)16(3)11(18)9-4-8(5-14-9)7(2)17/h4-5,14H,1-3H3,(H,19,20). The highest BCUT2D eigenvalue weighted by atomic mass is 32.1. The SMILES string of the molecule is CC(=O)c1c[nH]c(C(=O)N(C)c2snc(C)c2C(=O)O)c1. The zero-order valence-electron chi connectivity index (χ0n) is 11.6. The summed E-state index contributed by atoms with van der Waals surface area (Å²) in [5.74, 6) is -1.73. The Labute approximate surface area is 124 Å². The lowest BCUT2D eigenvalue weighted by molar-refractivity contribution is 0.0697. The number of aromatic carboxylic acids is 1. The van der Waals surface area contributed by atoms with Gasteiger partial charge in [0.1, 0.15) is 16.3 Å². The molecule has 0 bridgehead atoms. The molecule has 0 atom stereocenters. The molecule has 0 aliphatic carbocycles. The molecular weight excluding hydrogens is 294 g/mol. The molecule has 2 heterocycles. The van der Waals surface area contributed by atoms with Crippen molar-refractivity contribution < 1.29 is 19.5 Å². The van der Waals surface area contributed by atoms with Crippen molar-refractivity contribution >= 4 is 34.2 Å². The molecular formula is C13H13N3O4S. The van der Waals surface area contributed by atoms with Gasteiger partial charge >= 0.3 is 5.97 Å². The van der Waals surface area contributed by atoms with E-state index in [2.05, 4.69) is 9.36 Å². The van der Waals surface area contributed by atoms with Gasteiger partial charge in [-0.05, 0) is 31.4 Å². The summed E-state index contributed by atoms with van der Waals surface area (Å²) < 4.78 is 3.97. The van der Waals surface area contributed by atoms with E-state index in [1.165, 1.54) is 31.1 Å². The van der Waals surface area contributed by atoms with Crippen LogP contribution in [0.2, 0.25) is 0 Å². The van der Waals surface area contributed by atoms with Crippen LogP contribution in [0.5, 0.6) is 0 Å². The van der Waals surface area contributed by atoms with Crippen molar-refractivity contribution in [3.63, 3.8) is 0 Å². The average molecular weight is 307 g/mol. The van der Waals surface area contributed by atoms with E-state index in [0.717, 1.165) is 11.5 Å². The topological polar surface area (TPSA) is 103 Å². The highest BCUT2D eigenvalue weighted by Crippen LogP contribution is 2.28. The number of hydrogen-bond acceptors (Lipinski definition) is 5. The summed E-state index contributed by atoms with van der Waals surface area (Å²) in [6.07, 6.45) is 1.44. The first-order valence-corrected chi connectivity index (χ1v) is 6.77. The van der Waals surface area contributed by atoms with Crippen LogP contribution in [0.25, 0.3) is 0 Å². The molecule has 2 aromatic rings. The van der Waals surface area contributed by atoms with E-state index in [1.807, 2.05) is 0 Å². The fourth-order valence-corrected chi connectivity index (χ4v) is 2.67. The number of Topliss-reactive ketones (excluding diaryl/α,β-unsaturated/α-hetero) is 1. The summed E-state index contributed by atoms with van der Waals surface area (Å²) in [7, 11) is 1.47. The molecule has 0 saturated heterocycles. The van der Waals surface area contributed by atoms with Crippen molar-refractivity contribution in [2.24, 2.45) is 0 Å². The van der Waals surface area contributed by atoms with Gasteiger partial charge in [0.25, 0.3) is 5.91 Å². The third kappa shape index (κ3) is 2.70. The molecule has 0 saturated carbocycles. The molecule has 0 fully saturated rings. The fourth-order valence-electron chi connectivity index (χ4n) is 1.83. The number of nitrogens with zero attached hydrogens (tertiary/aromatic N) is 2. The van der Waals surface area contributed by atoms with Gasteiger partial charge < -0.3 is 10.1 Å². The van der Waals surface area contributed by atoms with Gasteiger partial charge in [-0.25, -0.2) is 4.79 Å². The smallest absolute Gasteiger partial charge is 0.340 e. The maximum atomic E-state index is 12.3. The molecule has 21 heavy (non-hydrogen) atoms. The number of carbonyl (C=O) groups excluding carboxylic acids is 2. The lowest BCUT2D eigenvalue weighted by Crippen LogP contribution is -2.27. The first-order valence-electron chi connectivity index (χ1n) is 6.00. The largest absolute Gasteiger partial charge is 0.478 e. The number of rotatable bonds is 4. The monoisotopic (exact) mass is 307 g/mol. The van der Waals surface area contributed by atoms with Crippen molar-refractivity contribution in [1.29, 1.82) is 0 Å². The molecule has 0 spiro atoms. The number of nitrogens with one attached hydrogen (secondary N) is 1. The van der Waals surface area contributed by atoms with Crippen LogP contribution >= 0.6 is 11.5 Å². The van der Waals surface area contributed by atoms with Crippen LogP contribution in [0, 0.1) is 6.92 Å². The number of carboxylic acids is 1. The van der Waals surface area contributed by atoms with Gasteiger partial charge in [-0.15, -0.1) is 0 Å². The predicted molar refractivity (Wildman–Crippen MR) is 77.3 cm³/mol. The van der Waals surface area contributed by atoms with Crippen LogP contribution in [0.3, 0.4) is 0 Å². The fraction of sp³-hybridized carbons (Fsp3) is 0.231. The summed E-state index contributed by atoms with van der Waals surface area (Å²) in [4.78, 5) is 38.7. The average Bonchev–Trinajstić information content (AvgIpc) is 3.03. The van der Waals surface area contributed by atoms with Crippen molar-refractivity contribution in [2.45, 2.75) is 13.8 Å². The first kappa shape index (κ1) is 14.9. The third-order valence-electron chi connectivity index (χ3n) is 2.99. The zero-order valence-corrected chi connectivity index (χ0v) is 12.4. The molecule has 8 heteroatoms. The minimum atomic E-state index is -1.13. The second-order valence-corrected chi connectivity index (χ2v) is 5.23. The van der Waals surface area contributed by atoms with Crippen molar-refractivity contribution in [2.75, 3.05) is 11.9 Å². The number of H-pyrrole nitrogens is 1. The highest BCUT2D eigenvalue weighted by molar-refractivity contribution is 7.11. The number of aryl methyl sites for hydroxylation is 1. The van der Waals surface area contributed by atoms with Crippen LogP contribution in [0.1, 0.15) is 43.8 Å². The van der Waals surface area contributed by atoms with E-state index < -0.39 is 11.9 Å². The molecule has 2 N–H and O–H groups in total. The maximum Gasteiger partial charge on any atom is 0.340 e. The molecule has 0 aliphatic rings. The predicted octanol–water partition coefficient (Wildman–Crippen LogP) is 1.96. The molecule has 110 valence electrons. The van der Waals surface area contributed by atoms with E-state index in [1.54, 1.807) is 6.92 Å². The van der Waals surface area contributed by atoms with E-state index in [9.17, 15) is 19.5 Å². The van der Waals surface area contributed by atoms with E-state index in [-0.39, 0.29) is 22.0 Å². The Hall–Kier alpha value is -2.48. The summed E-state index contributed by atoms with van der Waals surface area (Å²) in [5.41, 5.74) is 0.975. The molecule has 2 rings (SSSR count). The third-order valence-corrected chi connectivity index (χ3v) is 4.00. The Morgan fingerprint density at radius 2 is 2.05 bits per heavy atom. The van der Waals surface area contributed by atoms with Crippen LogP contribution in [-0.4, -0.2) is 39.2 Å². The van der Waals surface area contributed by atoms with Crippen molar-refractivity contribution in [1.82, 2.24) is 9.36 Å². The number of aromatic amines is 1. The summed E-state index contributed by atoms with van der Waals surface area (Å²) >= 11 is 0.942. The highest BCUT2D eigenvalue weighted by Gasteiger charge is 2.25. The number of amides is 1. The Balaban J connectivity index is 2.35.